The molecular weight excluding hydrogens is 298 g/mol. The van der Waals surface area contributed by atoms with Gasteiger partial charge in [0, 0.05) is 17.0 Å². The zero-order valence-electron chi connectivity index (χ0n) is 12.2. The van der Waals surface area contributed by atoms with Crippen molar-refractivity contribution in [1.29, 1.82) is 0 Å². The van der Waals surface area contributed by atoms with Crippen LogP contribution in [0.25, 0.3) is 0 Å². The van der Waals surface area contributed by atoms with E-state index >= 15 is 0 Å². The standard InChI is InChI=1S/C18H16ClNO2/c1-12(2)11-18(13-6-5-7-14(19)10-13)17(21)20-15-8-3-4-9-16(15)22-18/h3-10H,1,11H2,2H3,(H,20,21). The molecule has 1 aliphatic rings. The van der Waals surface area contributed by atoms with Crippen molar-refractivity contribution in [2.75, 3.05) is 5.32 Å². The number of ether oxygens (including phenoxy) is 1. The number of fused-ring (bicyclic) bond motifs is 1. The second-order valence-corrected chi connectivity index (χ2v) is 5.96. The van der Waals surface area contributed by atoms with Crippen molar-refractivity contribution in [2.24, 2.45) is 0 Å². The topological polar surface area (TPSA) is 38.3 Å². The average molecular weight is 314 g/mol. The first-order chi connectivity index (χ1) is 10.5. The molecule has 0 fully saturated rings. The van der Waals surface area contributed by atoms with Gasteiger partial charge in [-0.1, -0.05) is 48.0 Å². The van der Waals surface area contributed by atoms with Gasteiger partial charge in [0.1, 0.15) is 5.75 Å². The molecule has 1 unspecified atom stereocenters. The first-order valence-electron chi connectivity index (χ1n) is 7.01. The van der Waals surface area contributed by atoms with E-state index in [0.717, 1.165) is 11.1 Å². The second-order valence-electron chi connectivity index (χ2n) is 5.52. The quantitative estimate of drug-likeness (QED) is 0.845. The van der Waals surface area contributed by atoms with E-state index in [1.54, 1.807) is 12.1 Å². The molecule has 0 radical (unpaired) electrons. The van der Waals surface area contributed by atoms with Gasteiger partial charge in [-0.3, -0.25) is 4.79 Å². The summed E-state index contributed by atoms with van der Waals surface area (Å²) in [7, 11) is 0. The average Bonchev–Trinajstić information content (AvgIpc) is 2.47. The number of rotatable bonds is 3. The van der Waals surface area contributed by atoms with E-state index in [2.05, 4.69) is 11.9 Å². The lowest BCUT2D eigenvalue weighted by molar-refractivity contribution is -0.133. The summed E-state index contributed by atoms with van der Waals surface area (Å²) >= 11 is 6.10. The zero-order valence-corrected chi connectivity index (χ0v) is 13.0. The van der Waals surface area contributed by atoms with Crippen LogP contribution in [0.2, 0.25) is 5.02 Å². The highest BCUT2D eigenvalue weighted by atomic mass is 35.5. The largest absolute Gasteiger partial charge is 0.470 e. The van der Waals surface area contributed by atoms with Crippen LogP contribution < -0.4 is 10.1 Å². The molecule has 2 aromatic carbocycles. The van der Waals surface area contributed by atoms with E-state index in [-0.39, 0.29) is 5.91 Å². The Morgan fingerprint density at radius 3 is 2.77 bits per heavy atom. The van der Waals surface area contributed by atoms with Gasteiger partial charge in [0.2, 0.25) is 5.60 Å². The molecule has 0 bridgehead atoms. The van der Waals surface area contributed by atoms with E-state index in [4.69, 9.17) is 16.3 Å². The van der Waals surface area contributed by atoms with Gasteiger partial charge in [0.15, 0.2) is 0 Å². The van der Waals surface area contributed by atoms with Gasteiger partial charge in [-0.15, -0.1) is 0 Å². The molecule has 1 amide bonds. The van der Waals surface area contributed by atoms with Crippen LogP contribution in [0, 0.1) is 0 Å². The van der Waals surface area contributed by atoms with Crippen LogP contribution in [0.1, 0.15) is 18.9 Å². The third-order valence-electron chi connectivity index (χ3n) is 3.63. The van der Waals surface area contributed by atoms with Gasteiger partial charge < -0.3 is 10.1 Å². The smallest absolute Gasteiger partial charge is 0.273 e. The maximum atomic E-state index is 12.8. The first-order valence-corrected chi connectivity index (χ1v) is 7.39. The Morgan fingerprint density at radius 1 is 1.27 bits per heavy atom. The lowest BCUT2D eigenvalue weighted by Crippen LogP contribution is -2.48. The predicted octanol–water partition coefficient (Wildman–Crippen LogP) is 4.53. The Bertz CT molecular complexity index is 756. The highest BCUT2D eigenvalue weighted by molar-refractivity contribution is 6.30. The monoisotopic (exact) mass is 313 g/mol. The molecule has 1 atom stereocenters. The van der Waals surface area contributed by atoms with Crippen LogP contribution >= 0.6 is 11.6 Å². The number of benzene rings is 2. The van der Waals surface area contributed by atoms with Crippen molar-refractivity contribution in [3.05, 3.63) is 71.3 Å². The summed E-state index contributed by atoms with van der Waals surface area (Å²) in [5, 5.41) is 3.49. The minimum Gasteiger partial charge on any atom is -0.470 e. The number of para-hydroxylation sites is 2. The van der Waals surface area contributed by atoms with E-state index in [1.165, 1.54) is 0 Å². The molecule has 2 aromatic rings. The molecular formula is C18H16ClNO2. The molecule has 0 saturated heterocycles. The summed E-state index contributed by atoms with van der Waals surface area (Å²) in [6, 6.07) is 14.6. The third-order valence-corrected chi connectivity index (χ3v) is 3.86. The number of carbonyl (C=O) groups is 1. The molecule has 3 nitrogen and oxygen atoms in total. The van der Waals surface area contributed by atoms with Gasteiger partial charge in [-0.05, 0) is 31.2 Å². The van der Waals surface area contributed by atoms with E-state index < -0.39 is 5.60 Å². The minimum absolute atomic E-state index is 0.212. The lowest BCUT2D eigenvalue weighted by Gasteiger charge is -2.38. The molecule has 0 aliphatic carbocycles. The Morgan fingerprint density at radius 2 is 2.05 bits per heavy atom. The Labute approximate surface area is 134 Å². The number of halogens is 1. The molecule has 112 valence electrons. The maximum Gasteiger partial charge on any atom is 0.273 e. The van der Waals surface area contributed by atoms with Gasteiger partial charge in [0.05, 0.1) is 5.69 Å². The van der Waals surface area contributed by atoms with Crippen molar-refractivity contribution >= 4 is 23.2 Å². The molecule has 0 saturated carbocycles. The van der Waals surface area contributed by atoms with Gasteiger partial charge in [-0.25, -0.2) is 0 Å². The number of carbonyl (C=O) groups excluding carboxylic acids is 1. The number of nitrogens with one attached hydrogen (secondary N) is 1. The van der Waals surface area contributed by atoms with Gasteiger partial charge in [0.25, 0.3) is 5.91 Å². The Hall–Kier alpha value is -2.26. The van der Waals surface area contributed by atoms with Crippen LogP contribution in [-0.2, 0) is 10.4 Å². The molecule has 3 rings (SSSR count). The van der Waals surface area contributed by atoms with Crippen LogP contribution in [0.5, 0.6) is 5.75 Å². The number of anilines is 1. The molecule has 1 heterocycles. The number of amides is 1. The van der Waals surface area contributed by atoms with Crippen molar-refractivity contribution < 1.29 is 9.53 Å². The Balaban J connectivity index is 2.15. The second kappa shape index (κ2) is 5.50. The molecule has 0 aromatic heterocycles. The summed E-state index contributed by atoms with van der Waals surface area (Å²) in [4.78, 5) is 12.8. The summed E-state index contributed by atoms with van der Waals surface area (Å²) in [6.07, 6.45) is 0.382. The van der Waals surface area contributed by atoms with Crippen molar-refractivity contribution in [3.63, 3.8) is 0 Å². The van der Waals surface area contributed by atoms with Crippen molar-refractivity contribution in [1.82, 2.24) is 0 Å². The van der Waals surface area contributed by atoms with E-state index in [9.17, 15) is 4.79 Å². The fourth-order valence-electron chi connectivity index (χ4n) is 2.69. The van der Waals surface area contributed by atoms with Gasteiger partial charge >= 0.3 is 0 Å². The first kappa shape index (κ1) is 14.7. The summed E-state index contributed by atoms with van der Waals surface area (Å²) < 4.78 is 6.15. The third kappa shape index (κ3) is 2.48. The molecule has 0 spiro atoms. The Kier molecular flexibility index (Phi) is 3.67. The zero-order chi connectivity index (χ0) is 15.7. The number of hydrogen-bond donors (Lipinski definition) is 1. The van der Waals surface area contributed by atoms with Crippen molar-refractivity contribution in [3.8, 4) is 5.75 Å². The summed E-state index contributed by atoms with van der Waals surface area (Å²) in [5.74, 6) is 0.430. The fraction of sp³-hybridized carbons (Fsp3) is 0.167. The van der Waals surface area contributed by atoms with Crippen LogP contribution in [-0.4, -0.2) is 5.91 Å². The fourth-order valence-corrected chi connectivity index (χ4v) is 2.88. The van der Waals surface area contributed by atoms with Crippen LogP contribution in [0.3, 0.4) is 0 Å². The number of hydrogen-bond acceptors (Lipinski definition) is 2. The van der Waals surface area contributed by atoms with E-state index in [1.807, 2.05) is 43.3 Å². The molecule has 4 heteroatoms. The highest BCUT2D eigenvalue weighted by Gasteiger charge is 2.46. The lowest BCUT2D eigenvalue weighted by atomic mass is 9.85. The molecule has 22 heavy (non-hydrogen) atoms. The van der Waals surface area contributed by atoms with E-state index in [0.29, 0.717) is 22.9 Å². The predicted molar refractivity (Wildman–Crippen MR) is 88.3 cm³/mol. The summed E-state index contributed by atoms with van der Waals surface area (Å²) in [5.41, 5.74) is 1.10. The maximum absolute atomic E-state index is 12.8. The minimum atomic E-state index is -1.15. The SMILES string of the molecule is C=C(C)CC1(c2cccc(Cl)c2)Oc2ccccc2NC1=O. The normalized spacial score (nSPS) is 19.8. The van der Waals surface area contributed by atoms with Crippen LogP contribution in [0.15, 0.2) is 60.7 Å². The highest BCUT2D eigenvalue weighted by Crippen LogP contribution is 2.42. The molecule has 1 N–H and O–H groups in total. The van der Waals surface area contributed by atoms with Crippen molar-refractivity contribution in [2.45, 2.75) is 18.9 Å². The van der Waals surface area contributed by atoms with Gasteiger partial charge in [-0.2, -0.15) is 0 Å². The van der Waals surface area contributed by atoms with Crippen LogP contribution in [0.4, 0.5) is 5.69 Å². The summed E-state index contributed by atoms with van der Waals surface area (Å²) in [6.45, 7) is 5.82. The molecule has 1 aliphatic heterocycles.